The van der Waals surface area contributed by atoms with E-state index in [2.05, 4.69) is 17.4 Å². The Bertz CT molecular complexity index is 1060. The lowest BCUT2D eigenvalue weighted by Crippen LogP contribution is -2.23. The number of benzene rings is 2. The number of hydrogen-bond donors (Lipinski definition) is 1. The summed E-state index contributed by atoms with van der Waals surface area (Å²) in [5.41, 5.74) is 6.60. The highest BCUT2D eigenvalue weighted by molar-refractivity contribution is 6.04. The van der Waals surface area contributed by atoms with Gasteiger partial charge in [-0.05, 0) is 56.5 Å². The predicted octanol–water partition coefficient (Wildman–Crippen LogP) is 4.38. The van der Waals surface area contributed by atoms with E-state index in [1.54, 1.807) is 16.8 Å². The molecule has 1 amide bonds. The van der Waals surface area contributed by atoms with Gasteiger partial charge in [-0.2, -0.15) is 0 Å². The minimum atomic E-state index is -0.225. The Labute approximate surface area is 159 Å². The Hall–Kier alpha value is -3.14. The first kappa shape index (κ1) is 18.6. The number of nitrogens with zero attached hydrogens (tertiary/aromatic N) is 1. The van der Waals surface area contributed by atoms with Crippen LogP contribution in [0.25, 0.3) is 0 Å². The van der Waals surface area contributed by atoms with Crippen LogP contribution in [-0.2, 0) is 6.54 Å². The first-order chi connectivity index (χ1) is 12.8. The molecule has 0 aliphatic heterocycles. The highest BCUT2D eigenvalue weighted by Crippen LogP contribution is 2.17. The molecule has 0 aliphatic rings. The fourth-order valence-corrected chi connectivity index (χ4v) is 3.09. The molecule has 1 heterocycles. The van der Waals surface area contributed by atoms with Gasteiger partial charge in [0.05, 0.1) is 12.1 Å². The zero-order chi connectivity index (χ0) is 19.6. The summed E-state index contributed by atoms with van der Waals surface area (Å²) in [6.07, 6.45) is 1.63. The summed E-state index contributed by atoms with van der Waals surface area (Å²) in [7, 11) is 0. The van der Waals surface area contributed by atoms with Crippen LogP contribution in [0.15, 0.2) is 59.5 Å². The molecule has 0 fully saturated rings. The first-order valence-corrected chi connectivity index (χ1v) is 8.99. The minimum absolute atomic E-state index is 0.126. The van der Waals surface area contributed by atoms with Gasteiger partial charge in [-0.1, -0.05) is 41.5 Å². The number of rotatable bonds is 4. The van der Waals surface area contributed by atoms with Crippen molar-refractivity contribution < 1.29 is 4.79 Å². The van der Waals surface area contributed by atoms with Crippen molar-refractivity contribution in [3.8, 4) is 0 Å². The van der Waals surface area contributed by atoms with E-state index in [9.17, 15) is 9.59 Å². The number of amides is 1. The molecule has 4 heteroatoms. The molecule has 0 aliphatic carbocycles. The van der Waals surface area contributed by atoms with Gasteiger partial charge in [-0.25, -0.2) is 0 Å². The van der Waals surface area contributed by atoms with Crippen molar-refractivity contribution in [3.05, 3.63) is 98.5 Å². The third-order valence-corrected chi connectivity index (χ3v) is 4.72. The third kappa shape index (κ3) is 4.34. The molecule has 0 unspecified atom stereocenters. The molecule has 0 saturated carbocycles. The highest BCUT2D eigenvalue weighted by atomic mass is 16.2. The van der Waals surface area contributed by atoms with Crippen LogP contribution in [0.2, 0.25) is 0 Å². The third-order valence-electron chi connectivity index (χ3n) is 4.72. The number of carbonyl (C=O) groups excluding carboxylic acids is 1. The van der Waals surface area contributed by atoms with E-state index in [1.165, 1.54) is 6.07 Å². The quantitative estimate of drug-likeness (QED) is 0.750. The van der Waals surface area contributed by atoms with Crippen molar-refractivity contribution in [2.75, 3.05) is 5.32 Å². The van der Waals surface area contributed by atoms with E-state index in [0.717, 1.165) is 33.5 Å². The normalized spacial score (nSPS) is 10.7. The highest BCUT2D eigenvalue weighted by Gasteiger charge is 2.10. The van der Waals surface area contributed by atoms with E-state index in [0.29, 0.717) is 12.1 Å². The van der Waals surface area contributed by atoms with Crippen LogP contribution in [0.1, 0.15) is 38.2 Å². The molecule has 0 bridgehead atoms. The topological polar surface area (TPSA) is 51.1 Å². The SMILES string of the molecule is Cc1ccc(NC(=O)c2ccc(=O)n(Cc3cc(C)ccc3C)c2)c(C)c1. The lowest BCUT2D eigenvalue weighted by atomic mass is 10.1. The molecule has 2 aromatic carbocycles. The number of carbonyl (C=O) groups is 1. The number of aryl methyl sites for hydroxylation is 4. The molecule has 0 atom stereocenters. The molecule has 4 nitrogen and oxygen atoms in total. The Morgan fingerprint density at radius 1 is 0.889 bits per heavy atom. The Kier molecular flexibility index (Phi) is 5.26. The van der Waals surface area contributed by atoms with Gasteiger partial charge >= 0.3 is 0 Å². The Morgan fingerprint density at radius 2 is 1.59 bits per heavy atom. The van der Waals surface area contributed by atoms with Crippen molar-refractivity contribution in [1.82, 2.24) is 4.57 Å². The number of aromatic nitrogens is 1. The van der Waals surface area contributed by atoms with Gasteiger partial charge in [0.2, 0.25) is 0 Å². The zero-order valence-electron chi connectivity index (χ0n) is 16.2. The van der Waals surface area contributed by atoms with Gasteiger partial charge < -0.3 is 9.88 Å². The molecule has 27 heavy (non-hydrogen) atoms. The second-order valence-electron chi connectivity index (χ2n) is 7.09. The smallest absolute Gasteiger partial charge is 0.257 e. The van der Waals surface area contributed by atoms with Crippen molar-refractivity contribution in [1.29, 1.82) is 0 Å². The standard InChI is InChI=1S/C23H24N2O2/c1-15-6-9-21(18(4)11-15)24-23(27)19-8-10-22(26)25(13-19)14-20-12-16(2)5-7-17(20)3/h5-13H,14H2,1-4H3,(H,24,27). The number of hydrogen-bond acceptors (Lipinski definition) is 2. The second-order valence-corrected chi connectivity index (χ2v) is 7.09. The van der Waals surface area contributed by atoms with Crippen LogP contribution in [0.3, 0.4) is 0 Å². The Balaban J connectivity index is 1.87. The molecule has 1 N–H and O–H groups in total. The maximum atomic E-state index is 12.7. The zero-order valence-corrected chi connectivity index (χ0v) is 16.2. The van der Waals surface area contributed by atoms with Gasteiger partial charge in [0.15, 0.2) is 0 Å². The summed E-state index contributed by atoms with van der Waals surface area (Å²) in [6.45, 7) is 8.47. The van der Waals surface area contributed by atoms with E-state index < -0.39 is 0 Å². The summed E-state index contributed by atoms with van der Waals surface area (Å²) in [5, 5.41) is 2.93. The van der Waals surface area contributed by atoms with Gasteiger partial charge in [0.25, 0.3) is 11.5 Å². The van der Waals surface area contributed by atoms with Crippen LogP contribution in [-0.4, -0.2) is 10.5 Å². The first-order valence-electron chi connectivity index (χ1n) is 8.99. The predicted molar refractivity (Wildman–Crippen MR) is 110 cm³/mol. The largest absolute Gasteiger partial charge is 0.322 e. The molecule has 0 saturated heterocycles. The van der Waals surface area contributed by atoms with Crippen LogP contribution < -0.4 is 10.9 Å². The van der Waals surface area contributed by atoms with E-state index in [-0.39, 0.29) is 11.5 Å². The van der Waals surface area contributed by atoms with Gasteiger partial charge in [-0.3, -0.25) is 9.59 Å². The van der Waals surface area contributed by atoms with Crippen molar-refractivity contribution >= 4 is 11.6 Å². The van der Waals surface area contributed by atoms with Crippen LogP contribution in [0.5, 0.6) is 0 Å². The minimum Gasteiger partial charge on any atom is -0.322 e. The molecule has 0 spiro atoms. The summed E-state index contributed by atoms with van der Waals surface area (Å²) < 4.78 is 1.58. The second kappa shape index (κ2) is 7.62. The summed E-state index contributed by atoms with van der Waals surface area (Å²) in [6, 6.07) is 15.1. The van der Waals surface area contributed by atoms with Gasteiger partial charge in [0.1, 0.15) is 0 Å². The molecular weight excluding hydrogens is 336 g/mol. The summed E-state index contributed by atoms with van der Waals surface area (Å²) in [4.78, 5) is 24.9. The van der Waals surface area contributed by atoms with Crippen LogP contribution in [0.4, 0.5) is 5.69 Å². The summed E-state index contributed by atoms with van der Waals surface area (Å²) in [5.74, 6) is -0.225. The average Bonchev–Trinajstić information content (AvgIpc) is 2.62. The van der Waals surface area contributed by atoms with Crippen molar-refractivity contribution in [2.45, 2.75) is 34.2 Å². The van der Waals surface area contributed by atoms with E-state index >= 15 is 0 Å². The molecule has 3 rings (SSSR count). The Morgan fingerprint density at radius 3 is 2.33 bits per heavy atom. The molecular formula is C23H24N2O2. The molecule has 3 aromatic rings. The van der Waals surface area contributed by atoms with E-state index in [1.807, 2.05) is 52.0 Å². The maximum Gasteiger partial charge on any atom is 0.257 e. The van der Waals surface area contributed by atoms with E-state index in [4.69, 9.17) is 0 Å². The van der Waals surface area contributed by atoms with Gasteiger partial charge in [0, 0.05) is 18.0 Å². The maximum absolute atomic E-state index is 12.7. The molecule has 138 valence electrons. The molecule has 0 radical (unpaired) electrons. The fourth-order valence-electron chi connectivity index (χ4n) is 3.09. The van der Waals surface area contributed by atoms with Crippen molar-refractivity contribution in [3.63, 3.8) is 0 Å². The van der Waals surface area contributed by atoms with Gasteiger partial charge in [-0.15, -0.1) is 0 Å². The number of anilines is 1. The lowest BCUT2D eigenvalue weighted by molar-refractivity contribution is 0.102. The average molecular weight is 360 g/mol. The van der Waals surface area contributed by atoms with Crippen LogP contribution >= 0.6 is 0 Å². The monoisotopic (exact) mass is 360 g/mol. The van der Waals surface area contributed by atoms with Crippen LogP contribution in [0, 0.1) is 27.7 Å². The number of pyridine rings is 1. The fraction of sp³-hybridized carbons (Fsp3) is 0.217. The molecule has 1 aromatic heterocycles. The number of nitrogens with one attached hydrogen (secondary N) is 1. The summed E-state index contributed by atoms with van der Waals surface area (Å²) >= 11 is 0. The lowest BCUT2D eigenvalue weighted by Gasteiger charge is -2.12. The van der Waals surface area contributed by atoms with Crippen molar-refractivity contribution in [2.24, 2.45) is 0 Å².